The Hall–Kier alpha value is -3.06. The van der Waals surface area contributed by atoms with Crippen molar-refractivity contribution in [3.05, 3.63) is 65.7 Å². The number of aromatic amines is 1. The van der Waals surface area contributed by atoms with Crippen LogP contribution in [0.4, 0.5) is 5.95 Å². The number of ether oxygens (including phenoxy) is 1. The molecule has 1 heterocycles. The van der Waals surface area contributed by atoms with Crippen LogP contribution in [0.5, 0.6) is 5.75 Å². The Bertz CT molecular complexity index is 937. The number of hydrogen-bond donors (Lipinski definition) is 2. The molecule has 0 spiro atoms. The molecular formula is C21H22N4O2S. The monoisotopic (exact) mass is 394 g/mol. The number of hydrogen-bond acceptors (Lipinski definition) is 5. The van der Waals surface area contributed by atoms with E-state index in [2.05, 4.69) is 20.5 Å². The maximum Gasteiger partial charge on any atom is 0.258 e. The average molecular weight is 395 g/mol. The van der Waals surface area contributed by atoms with Crippen molar-refractivity contribution < 1.29 is 9.53 Å². The summed E-state index contributed by atoms with van der Waals surface area (Å²) in [5.74, 6) is 1.73. The number of carbonyl (C=O) groups excluding carboxylic acids is 1. The molecule has 0 fully saturated rings. The molecule has 0 unspecified atom stereocenters. The molecule has 1 aromatic heterocycles. The Morgan fingerprint density at radius 3 is 2.57 bits per heavy atom. The molecule has 0 saturated heterocycles. The summed E-state index contributed by atoms with van der Waals surface area (Å²) in [6.45, 7) is 4.58. The van der Waals surface area contributed by atoms with Gasteiger partial charge in [0.25, 0.3) is 5.91 Å². The number of thioether (sulfide) groups is 1. The molecule has 6 nitrogen and oxygen atoms in total. The van der Waals surface area contributed by atoms with Gasteiger partial charge in [0.05, 0.1) is 6.61 Å². The summed E-state index contributed by atoms with van der Waals surface area (Å²) >= 11 is 1.50. The van der Waals surface area contributed by atoms with E-state index in [9.17, 15) is 4.79 Å². The highest BCUT2D eigenvalue weighted by Gasteiger charge is 2.14. The summed E-state index contributed by atoms with van der Waals surface area (Å²) in [7, 11) is 0. The maximum absolute atomic E-state index is 13.0. The second-order valence-corrected chi connectivity index (χ2v) is 7.01. The quantitative estimate of drug-likeness (QED) is 0.334. The number of benzene rings is 2. The summed E-state index contributed by atoms with van der Waals surface area (Å²) in [5, 5.41) is 10.2. The summed E-state index contributed by atoms with van der Waals surface area (Å²) in [5.41, 5.74) is 2.25. The van der Waals surface area contributed by atoms with E-state index in [1.807, 2.05) is 74.5 Å². The van der Waals surface area contributed by atoms with Gasteiger partial charge in [-0.3, -0.25) is 10.1 Å². The minimum atomic E-state index is -0.260. The van der Waals surface area contributed by atoms with Crippen molar-refractivity contribution in [1.29, 1.82) is 0 Å². The lowest BCUT2D eigenvalue weighted by molar-refractivity contribution is -0.111. The Kier molecular flexibility index (Phi) is 6.86. The highest BCUT2D eigenvalue weighted by Crippen LogP contribution is 2.22. The van der Waals surface area contributed by atoms with Gasteiger partial charge in [-0.05, 0) is 42.0 Å². The van der Waals surface area contributed by atoms with Crippen molar-refractivity contribution in [2.24, 2.45) is 0 Å². The third-order valence-corrected chi connectivity index (χ3v) is 4.53. The number of nitrogens with one attached hydrogen (secondary N) is 2. The van der Waals surface area contributed by atoms with E-state index in [1.54, 1.807) is 0 Å². The van der Waals surface area contributed by atoms with E-state index in [0.29, 0.717) is 23.3 Å². The Morgan fingerprint density at radius 1 is 1.14 bits per heavy atom. The largest absolute Gasteiger partial charge is 0.494 e. The normalized spacial score (nSPS) is 11.3. The van der Waals surface area contributed by atoms with Gasteiger partial charge in [0.1, 0.15) is 5.75 Å². The number of amides is 1. The van der Waals surface area contributed by atoms with Crippen molar-refractivity contribution >= 4 is 35.3 Å². The third-order valence-electron chi connectivity index (χ3n) is 3.80. The minimum absolute atomic E-state index is 0.260. The highest BCUT2D eigenvalue weighted by molar-refractivity contribution is 7.99. The van der Waals surface area contributed by atoms with Gasteiger partial charge >= 0.3 is 0 Å². The Balaban J connectivity index is 1.87. The summed E-state index contributed by atoms with van der Waals surface area (Å²) in [6, 6.07) is 17.1. The van der Waals surface area contributed by atoms with Crippen molar-refractivity contribution in [3.8, 4) is 5.75 Å². The molecule has 144 valence electrons. The van der Waals surface area contributed by atoms with E-state index in [1.165, 1.54) is 11.8 Å². The van der Waals surface area contributed by atoms with Crippen LogP contribution in [0, 0.1) is 0 Å². The molecule has 3 aromatic rings. The molecular weight excluding hydrogens is 372 g/mol. The molecule has 2 aromatic carbocycles. The van der Waals surface area contributed by atoms with Gasteiger partial charge in [-0.15, -0.1) is 5.10 Å². The fourth-order valence-corrected chi connectivity index (χ4v) is 3.09. The maximum atomic E-state index is 13.0. The molecule has 28 heavy (non-hydrogen) atoms. The number of anilines is 1. The number of rotatable bonds is 8. The van der Waals surface area contributed by atoms with E-state index in [4.69, 9.17) is 4.74 Å². The van der Waals surface area contributed by atoms with Gasteiger partial charge in [-0.1, -0.05) is 61.2 Å². The molecule has 2 N–H and O–H groups in total. The van der Waals surface area contributed by atoms with Gasteiger partial charge in [0.15, 0.2) is 0 Å². The molecule has 0 saturated carbocycles. The molecule has 0 aliphatic heterocycles. The number of aromatic nitrogens is 3. The summed E-state index contributed by atoms with van der Waals surface area (Å²) in [4.78, 5) is 17.2. The molecule has 7 heteroatoms. The standard InChI is InChI=1S/C21H22N4O2S/c1-3-27-17-12-10-15(11-13-17)14-18(16-8-6-5-7-9-16)19(26)22-20-23-21(25-24-20)28-4-2/h5-14H,3-4H2,1-2H3,(H2,22,23,24,25,26)/b18-14+. The molecule has 0 radical (unpaired) electrons. The first-order chi connectivity index (χ1) is 13.7. The number of nitrogens with zero attached hydrogens (tertiary/aromatic N) is 2. The molecule has 1 amide bonds. The van der Waals surface area contributed by atoms with Crippen LogP contribution in [-0.2, 0) is 4.79 Å². The first-order valence-electron chi connectivity index (χ1n) is 9.06. The minimum Gasteiger partial charge on any atom is -0.494 e. The second-order valence-electron chi connectivity index (χ2n) is 5.78. The highest BCUT2D eigenvalue weighted by atomic mass is 32.2. The predicted octanol–water partition coefficient (Wildman–Crippen LogP) is 4.49. The zero-order valence-corrected chi connectivity index (χ0v) is 16.6. The lowest BCUT2D eigenvalue weighted by atomic mass is 10.0. The smallest absolute Gasteiger partial charge is 0.258 e. The lowest BCUT2D eigenvalue weighted by Gasteiger charge is -2.08. The van der Waals surface area contributed by atoms with Gasteiger partial charge in [0.2, 0.25) is 11.1 Å². The number of carbonyl (C=O) groups is 1. The van der Waals surface area contributed by atoms with Crippen molar-refractivity contribution in [2.75, 3.05) is 17.7 Å². The van der Waals surface area contributed by atoms with Crippen LogP contribution in [0.25, 0.3) is 11.6 Å². The summed E-state index contributed by atoms with van der Waals surface area (Å²) < 4.78 is 5.48. The van der Waals surface area contributed by atoms with E-state index in [-0.39, 0.29) is 5.91 Å². The van der Waals surface area contributed by atoms with Crippen LogP contribution in [-0.4, -0.2) is 33.4 Å². The van der Waals surface area contributed by atoms with Gasteiger partial charge < -0.3 is 4.74 Å². The topological polar surface area (TPSA) is 79.9 Å². The molecule has 0 aliphatic rings. The van der Waals surface area contributed by atoms with Gasteiger partial charge in [-0.2, -0.15) is 4.98 Å². The van der Waals surface area contributed by atoms with Gasteiger partial charge in [-0.25, -0.2) is 5.10 Å². The second kappa shape index (κ2) is 9.75. The Labute approximate surface area is 168 Å². The van der Waals surface area contributed by atoms with Crippen LogP contribution in [0.1, 0.15) is 25.0 Å². The SMILES string of the molecule is CCOc1ccc(/C=C(/C(=O)Nc2nc(SCC)n[nH]2)c2ccccc2)cc1. The molecule has 3 rings (SSSR count). The van der Waals surface area contributed by atoms with Crippen LogP contribution in [0.15, 0.2) is 59.8 Å². The fourth-order valence-electron chi connectivity index (χ4n) is 2.56. The van der Waals surface area contributed by atoms with Crippen LogP contribution < -0.4 is 10.1 Å². The number of H-pyrrole nitrogens is 1. The van der Waals surface area contributed by atoms with E-state index in [0.717, 1.165) is 22.6 Å². The lowest BCUT2D eigenvalue weighted by Crippen LogP contribution is -2.14. The van der Waals surface area contributed by atoms with Crippen LogP contribution >= 0.6 is 11.8 Å². The first-order valence-corrected chi connectivity index (χ1v) is 10.0. The van der Waals surface area contributed by atoms with Crippen molar-refractivity contribution in [2.45, 2.75) is 19.0 Å². The fraction of sp³-hybridized carbons (Fsp3) is 0.190. The van der Waals surface area contributed by atoms with E-state index >= 15 is 0 Å². The third kappa shape index (κ3) is 5.23. The van der Waals surface area contributed by atoms with Crippen LogP contribution in [0.3, 0.4) is 0 Å². The summed E-state index contributed by atoms with van der Waals surface area (Å²) in [6.07, 6.45) is 1.85. The van der Waals surface area contributed by atoms with Crippen LogP contribution in [0.2, 0.25) is 0 Å². The molecule has 0 bridgehead atoms. The first kappa shape index (κ1) is 19.7. The molecule has 0 atom stereocenters. The zero-order valence-electron chi connectivity index (χ0n) is 15.8. The Morgan fingerprint density at radius 2 is 1.89 bits per heavy atom. The van der Waals surface area contributed by atoms with Crippen molar-refractivity contribution in [1.82, 2.24) is 15.2 Å². The van der Waals surface area contributed by atoms with E-state index < -0.39 is 0 Å². The predicted molar refractivity (Wildman–Crippen MR) is 113 cm³/mol. The van der Waals surface area contributed by atoms with Crippen molar-refractivity contribution in [3.63, 3.8) is 0 Å². The van der Waals surface area contributed by atoms with Gasteiger partial charge in [0, 0.05) is 5.57 Å². The average Bonchev–Trinajstić information content (AvgIpc) is 3.15. The zero-order chi connectivity index (χ0) is 19.8. The molecule has 0 aliphatic carbocycles.